The van der Waals surface area contributed by atoms with Crippen LogP contribution in [0.4, 0.5) is 0 Å². The van der Waals surface area contributed by atoms with E-state index in [1.54, 1.807) is 0 Å². The molecule has 0 saturated carbocycles. The highest BCUT2D eigenvalue weighted by atomic mass is 15.2. The lowest BCUT2D eigenvalue weighted by Gasteiger charge is -2.15. The molecular formula is C56H35N7. The van der Waals surface area contributed by atoms with Gasteiger partial charge in [0, 0.05) is 55.3 Å². The Balaban J connectivity index is 1.01. The van der Waals surface area contributed by atoms with Gasteiger partial charge >= 0.3 is 0 Å². The minimum atomic E-state index is 0.545. The van der Waals surface area contributed by atoms with E-state index in [-0.39, 0.29) is 0 Å². The van der Waals surface area contributed by atoms with Crippen LogP contribution in [-0.2, 0) is 0 Å². The van der Waals surface area contributed by atoms with Crippen LogP contribution in [0.3, 0.4) is 0 Å². The molecule has 0 aliphatic carbocycles. The van der Waals surface area contributed by atoms with Crippen LogP contribution in [0, 0.1) is 0 Å². The lowest BCUT2D eigenvalue weighted by atomic mass is 10.0. The summed E-state index contributed by atoms with van der Waals surface area (Å²) in [4.78, 5) is 20.8. The smallest absolute Gasteiger partial charge is 0.238 e. The molecular weight excluding hydrogens is 771 g/mol. The molecule has 0 amide bonds. The third kappa shape index (κ3) is 5.46. The van der Waals surface area contributed by atoms with Crippen molar-refractivity contribution in [3.8, 4) is 51.2 Å². The second-order valence-electron chi connectivity index (χ2n) is 15.9. The van der Waals surface area contributed by atoms with Gasteiger partial charge in [-0.15, -0.1) is 0 Å². The Bertz CT molecular complexity index is 3860. The Kier molecular flexibility index (Phi) is 7.77. The Hall–Kier alpha value is -8.68. The first kappa shape index (κ1) is 35.1. The van der Waals surface area contributed by atoms with Crippen LogP contribution in [-0.4, -0.2) is 33.6 Å². The number of para-hydroxylation sites is 5. The van der Waals surface area contributed by atoms with E-state index < -0.39 is 0 Å². The molecule has 0 unspecified atom stereocenters. The van der Waals surface area contributed by atoms with Crippen molar-refractivity contribution < 1.29 is 0 Å². The second kappa shape index (κ2) is 13.9. The first-order valence-corrected chi connectivity index (χ1v) is 21.1. The zero-order valence-corrected chi connectivity index (χ0v) is 33.8. The number of fused-ring (bicyclic) bond motifs is 9. The molecule has 7 heteroatoms. The summed E-state index contributed by atoms with van der Waals surface area (Å²) < 4.78 is 6.77. The molecule has 0 bridgehead atoms. The zero-order valence-electron chi connectivity index (χ0n) is 33.8. The van der Waals surface area contributed by atoms with Gasteiger partial charge in [0.05, 0.1) is 33.3 Å². The molecule has 0 aliphatic rings. The monoisotopic (exact) mass is 805 g/mol. The number of rotatable bonds is 6. The summed E-state index contributed by atoms with van der Waals surface area (Å²) in [5.74, 6) is 1.71. The van der Waals surface area contributed by atoms with Crippen LogP contribution in [0.5, 0.6) is 0 Å². The molecule has 0 atom stereocenters. The molecule has 7 nitrogen and oxygen atoms in total. The van der Waals surface area contributed by atoms with E-state index in [2.05, 4.69) is 190 Å². The Morgan fingerprint density at radius 1 is 0.317 bits per heavy atom. The third-order valence-electron chi connectivity index (χ3n) is 12.4. The van der Waals surface area contributed by atoms with Crippen LogP contribution < -0.4 is 0 Å². The Morgan fingerprint density at radius 2 is 0.825 bits per heavy atom. The number of aromatic nitrogens is 7. The summed E-state index contributed by atoms with van der Waals surface area (Å²) in [7, 11) is 0. The summed E-state index contributed by atoms with van der Waals surface area (Å²) in [6.45, 7) is 0. The molecule has 5 heterocycles. The van der Waals surface area contributed by atoms with Gasteiger partial charge in [0.15, 0.2) is 11.6 Å². The van der Waals surface area contributed by atoms with Crippen molar-refractivity contribution in [2.24, 2.45) is 0 Å². The van der Waals surface area contributed by atoms with Crippen molar-refractivity contribution in [1.29, 1.82) is 0 Å². The highest BCUT2D eigenvalue weighted by molar-refractivity contribution is 6.13. The fraction of sp³-hybridized carbons (Fsp3) is 0. The van der Waals surface area contributed by atoms with Crippen LogP contribution in [0.15, 0.2) is 212 Å². The Morgan fingerprint density at radius 3 is 1.52 bits per heavy atom. The van der Waals surface area contributed by atoms with Crippen molar-refractivity contribution in [2.45, 2.75) is 0 Å². The molecule has 0 aliphatic heterocycles. The number of pyridine rings is 1. The van der Waals surface area contributed by atoms with Crippen LogP contribution in [0.1, 0.15) is 0 Å². The number of hydrogen-bond acceptors (Lipinski definition) is 4. The maximum Gasteiger partial charge on any atom is 0.238 e. The van der Waals surface area contributed by atoms with Crippen molar-refractivity contribution in [3.63, 3.8) is 0 Å². The molecule has 0 fully saturated rings. The first-order chi connectivity index (χ1) is 31.3. The summed E-state index contributed by atoms with van der Waals surface area (Å²) in [5, 5.41) is 6.92. The Labute approximate surface area is 361 Å². The maximum absolute atomic E-state index is 5.38. The van der Waals surface area contributed by atoms with Gasteiger partial charge in [-0.25, -0.2) is 9.97 Å². The number of benzene rings is 8. The van der Waals surface area contributed by atoms with Gasteiger partial charge in [0.25, 0.3) is 0 Å². The van der Waals surface area contributed by atoms with Crippen LogP contribution >= 0.6 is 0 Å². The fourth-order valence-electron chi connectivity index (χ4n) is 9.57. The molecule has 5 aromatic heterocycles. The summed E-state index contributed by atoms with van der Waals surface area (Å²) in [6.07, 6.45) is 1.85. The zero-order chi connectivity index (χ0) is 41.4. The number of hydrogen-bond donors (Lipinski definition) is 0. The van der Waals surface area contributed by atoms with E-state index in [0.29, 0.717) is 17.6 Å². The molecule has 294 valence electrons. The molecule has 0 radical (unpaired) electrons. The van der Waals surface area contributed by atoms with E-state index in [1.165, 1.54) is 21.8 Å². The SMILES string of the molecule is c1ccc(-c2nc(-c3ccccc3-n3c4ccccc4c4cccnc43)nc(-n3c4ccccc4c4cc(-c5ccc6c(c5)c5ccccc5n6-c5ccccc5)ccc43)n2)cc1. The molecule has 8 aromatic carbocycles. The maximum atomic E-state index is 5.38. The predicted molar refractivity (Wildman–Crippen MR) is 257 cm³/mol. The average molecular weight is 806 g/mol. The number of nitrogens with zero attached hydrogens (tertiary/aromatic N) is 7. The molecule has 13 rings (SSSR count). The molecule has 0 N–H and O–H groups in total. The topological polar surface area (TPSA) is 66.3 Å². The van der Waals surface area contributed by atoms with Crippen LogP contribution in [0.25, 0.3) is 117 Å². The van der Waals surface area contributed by atoms with Crippen molar-refractivity contribution in [1.82, 2.24) is 33.6 Å². The van der Waals surface area contributed by atoms with Gasteiger partial charge in [-0.3, -0.25) is 9.13 Å². The van der Waals surface area contributed by atoms with Gasteiger partial charge < -0.3 is 4.57 Å². The second-order valence-corrected chi connectivity index (χ2v) is 15.9. The predicted octanol–water partition coefficient (Wildman–Crippen LogP) is 13.6. The van der Waals surface area contributed by atoms with E-state index in [0.717, 1.165) is 77.4 Å². The average Bonchev–Trinajstić information content (AvgIpc) is 4.00. The summed E-state index contributed by atoms with van der Waals surface area (Å²) in [6, 6.07) is 72.5. The summed E-state index contributed by atoms with van der Waals surface area (Å²) >= 11 is 0. The van der Waals surface area contributed by atoms with E-state index in [4.69, 9.17) is 19.9 Å². The highest BCUT2D eigenvalue weighted by Crippen LogP contribution is 2.39. The minimum Gasteiger partial charge on any atom is -0.309 e. The van der Waals surface area contributed by atoms with Crippen molar-refractivity contribution in [2.75, 3.05) is 0 Å². The lowest BCUT2D eigenvalue weighted by Crippen LogP contribution is -2.08. The van der Waals surface area contributed by atoms with Gasteiger partial charge in [-0.1, -0.05) is 127 Å². The van der Waals surface area contributed by atoms with Gasteiger partial charge in [0.1, 0.15) is 5.65 Å². The summed E-state index contributed by atoms with van der Waals surface area (Å²) in [5.41, 5.74) is 12.5. The minimum absolute atomic E-state index is 0.545. The normalized spacial score (nSPS) is 11.8. The fourth-order valence-corrected chi connectivity index (χ4v) is 9.57. The molecule has 0 spiro atoms. The van der Waals surface area contributed by atoms with Gasteiger partial charge in [-0.2, -0.15) is 9.97 Å². The van der Waals surface area contributed by atoms with E-state index in [9.17, 15) is 0 Å². The largest absolute Gasteiger partial charge is 0.309 e. The van der Waals surface area contributed by atoms with Crippen molar-refractivity contribution >= 4 is 65.5 Å². The molecule has 0 saturated heterocycles. The molecule has 13 aromatic rings. The van der Waals surface area contributed by atoms with Crippen LogP contribution in [0.2, 0.25) is 0 Å². The van der Waals surface area contributed by atoms with Crippen molar-refractivity contribution in [3.05, 3.63) is 212 Å². The quantitative estimate of drug-likeness (QED) is 0.168. The van der Waals surface area contributed by atoms with Gasteiger partial charge in [0.2, 0.25) is 5.95 Å². The highest BCUT2D eigenvalue weighted by Gasteiger charge is 2.22. The van der Waals surface area contributed by atoms with E-state index >= 15 is 0 Å². The standard InChI is InChI=1S/C56H35N7/c1-3-16-36(17-4-1)53-58-54(44-23-10-14-28-50(44)62-48-26-12-7-20-40(48)43-24-15-33-57-55(43)62)60-56(59-53)63-49-27-13-9-22-42(49)46-35-38(30-32-52(46)63)37-29-31-51-45(34-37)41-21-8-11-25-47(41)61(51)39-18-5-2-6-19-39/h1-35H. The lowest BCUT2D eigenvalue weighted by molar-refractivity contribution is 0.951. The van der Waals surface area contributed by atoms with Gasteiger partial charge in [-0.05, 0) is 90.0 Å². The van der Waals surface area contributed by atoms with E-state index in [1.807, 2.05) is 36.5 Å². The molecule has 63 heavy (non-hydrogen) atoms. The third-order valence-corrected chi connectivity index (χ3v) is 12.4. The first-order valence-electron chi connectivity index (χ1n) is 21.1.